The maximum absolute atomic E-state index is 5.83. The minimum Gasteiger partial charge on any atom is -0.312 e. The van der Waals surface area contributed by atoms with Crippen molar-refractivity contribution in [3.8, 4) is 0 Å². The van der Waals surface area contributed by atoms with E-state index in [2.05, 4.69) is 35.0 Å². The van der Waals surface area contributed by atoms with Gasteiger partial charge >= 0.3 is 0 Å². The Kier molecular flexibility index (Phi) is 6.60. The van der Waals surface area contributed by atoms with Gasteiger partial charge in [-0.3, -0.25) is 0 Å². The van der Waals surface area contributed by atoms with Gasteiger partial charge in [-0.15, -0.1) is 23.7 Å². The Labute approximate surface area is 117 Å². The Hall–Kier alpha value is -0.540. The van der Waals surface area contributed by atoms with Crippen LogP contribution in [0.15, 0.2) is 41.8 Å². The van der Waals surface area contributed by atoms with E-state index >= 15 is 0 Å². The van der Waals surface area contributed by atoms with Crippen molar-refractivity contribution in [3.63, 3.8) is 0 Å². The molecule has 0 radical (unpaired) electrons. The molecule has 2 rings (SSSR count). The van der Waals surface area contributed by atoms with Gasteiger partial charge in [-0.25, -0.2) is 0 Å². The quantitative estimate of drug-likeness (QED) is 0.815. The first-order valence-electron chi connectivity index (χ1n) is 5.32. The fourth-order valence-corrected chi connectivity index (χ4v) is 2.31. The molecule has 4 heteroatoms. The van der Waals surface area contributed by atoms with E-state index in [1.165, 1.54) is 10.4 Å². The van der Waals surface area contributed by atoms with Crippen molar-refractivity contribution >= 4 is 35.3 Å². The Bertz CT molecular complexity index is 411. The van der Waals surface area contributed by atoms with Gasteiger partial charge in [0, 0.05) is 16.4 Å². The second-order valence-electron chi connectivity index (χ2n) is 3.63. The number of rotatable bonds is 5. The largest absolute Gasteiger partial charge is 0.312 e. The first kappa shape index (κ1) is 14.5. The lowest BCUT2D eigenvalue weighted by atomic mass is 10.1. The molecule has 0 saturated carbocycles. The Balaban J connectivity index is 0.00000144. The van der Waals surface area contributed by atoms with Crippen LogP contribution in [-0.4, -0.2) is 6.54 Å². The average Bonchev–Trinajstić information content (AvgIpc) is 2.80. The summed E-state index contributed by atoms with van der Waals surface area (Å²) in [5.41, 5.74) is 1.32. The smallest absolute Gasteiger partial charge is 0.0406 e. The number of benzene rings is 1. The highest BCUT2D eigenvalue weighted by Crippen LogP contribution is 2.10. The van der Waals surface area contributed by atoms with Crippen molar-refractivity contribution in [2.24, 2.45) is 0 Å². The van der Waals surface area contributed by atoms with Crippen LogP contribution in [0, 0.1) is 0 Å². The van der Waals surface area contributed by atoms with Crippen LogP contribution >= 0.6 is 35.3 Å². The number of nitrogens with one attached hydrogen (secondary N) is 1. The molecule has 0 fully saturated rings. The van der Waals surface area contributed by atoms with Crippen molar-refractivity contribution in [1.29, 1.82) is 0 Å². The SMILES string of the molecule is Cl.Clc1ccc(CCNCc2cccs2)cc1. The van der Waals surface area contributed by atoms with Crippen LogP contribution < -0.4 is 5.32 Å². The fraction of sp³-hybridized carbons (Fsp3) is 0.231. The third-order valence-electron chi connectivity index (χ3n) is 2.38. The van der Waals surface area contributed by atoms with E-state index < -0.39 is 0 Å². The summed E-state index contributed by atoms with van der Waals surface area (Å²) in [7, 11) is 0. The van der Waals surface area contributed by atoms with Gasteiger partial charge in [0.1, 0.15) is 0 Å². The normalized spacial score (nSPS) is 9.94. The van der Waals surface area contributed by atoms with E-state index in [9.17, 15) is 0 Å². The number of hydrogen-bond donors (Lipinski definition) is 1. The van der Waals surface area contributed by atoms with Gasteiger partial charge in [0.15, 0.2) is 0 Å². The van der Waals surface area contributed by atoms with Crippen molar-refractivity contribution in [2.45, 2.75) is 13.0 Å². The molecular weight excluding hydrogens is 273 g/mol. The highest BCUT2D eigenvalue weighted by molar-refractivity contribution is 7.09. The second kappa shape index (κ2) is 7.72. The molecule has 0 saturated heterocycles. The number of thiophene rings is 1. The molecule has 0 aliphatic rings. The van der Waals surface area contributed by atoms with E-state index in [1.807, 2.05) is 12.1 Å². The predicted molar refractivity (Wildman–Crippen MR) is 78.4 cm³/mol. The molecule has 0 spiro atoms. The van der Waals surface area contributed by atoms with Crippen molar-refractivity contribution in [2.75, 3.05) is 6.54 Å². The zero-order valence-corrected chi connectivity index (χ0v) is 11.7. The van der Waals surface area contributed by atoms with E-state index in [0.717, 1.165) is 24.5 Å². The summed E-state index contributed by atoms with van der Waals surface area (Å²) in [6.45, 7) is 1.96. The number of hydrogen-bond acceptors (Lipinski definition) is 2. The van der Waals surface area contributed by atoms with Crippen LogP contribution in [0.1, 0.15) is 10.4 Å². The molecule has 0 bridgehead atoms. The van der Waals surface area contributed by atoms with Crippen LogP contribution in [0.4, 0.5) is 0 Å². The van der Waals surface area contributed by atoms with Gasteiger partial charge in [0.25, 0.3) is 0 Å². The Morgan fingerprint density at radius 1 is 1.12 bits per heavy atom. The van der Waals surface area contributed by atoms with E-state index in [-0.39, 0.29) is 12.4 Å². The van der Waals surface area contributed by atoms with E-state index in [1.54, 1.807) is 11.3 Å². The minimum absolute atomic E-state index is 0. The number of halogens is 2. The second-order valence-corrected chi connectivity index (χ2v) is 5.10. The predicted octanol–water partition coefficient (Wildman–Crippen LogP) is 4.16. The van der Waals surface area contributed by atoms with Gasteiger partial charge in [-0.05, 0) is 42.1 Å². The third-order valence-corrected chi connectivity index (χ3v) is 3.51. The lowest BCUT2D eigenvalue weighted by Gasteiger charge is -2.03. The molecule has 0 unspecified atom stereocenters. The monoisotopic (exact) mass is 287 g/mol. The molecule has 92 valence electrons. The molecule has 0 atom stereocenters. The lowest BCUT2D eigenvalue weighted by molar-refractivity contribution is 0.693. The maximum Gasteiger partial charge on any atom is 0.0406 e. The molecule has 2 aromatic rings. The zero-order chi connectivity index (χ0) is 11.2. The zero-order valence-electron chi connectivity index (χ0n) is 9.36. The van der Waals surface area contributed by atoms with Crippen LogP contribution in [0.3, 0.4) is 0 Å². The lowest BCUT2D eigenvalue weighted by Crippen LogP contribution is -2.15. The molecular formula is C13H15Cl2NS. The fourth-order valence-electron chi connectivity index (χ4n) is 1.51. The maximum atomic E-state index is 5.83. The van der Waals surface area contributed by atoms with Gasteiger partial charge in [0.05, 0.1) is 0 Å². The Morgan fingerprint density at radius 3 is 2.53 bits per heavy atom. The van der Waals surface area contributed by atoms with Crippen LogP contribution in [-0.2, 0) is 13.0 Å². The van der Waals surface area contributed by atoms with E-state index in [0.29, 0.717) is 0 Å². The minimum atomic E-state index is 0. The van der Waals surface area contributed by atoms with Gasteiger partial charge < -0.3 is 5.32 Å². The molecule has 0 amide bonds. The standard InChI is InChI=1S/C13H14ClNS.ClH/c14-12-5-3-11(4-6-12)7-8-15-10-13-2-1-9-16-13;/h1-6,9,15H,7-8,10H2;1H. The average molecular weight is 288 g/mol. The van der Waals surface area contributed by atoms with Crippen molar-refractivity contribution in [3.05, 3.63) is 57.2 Å². The van der Waals surface area contributed by atoms with Gasteiger partial charge in [-0.2, -0.15) is 0 Å². The molecule has 0 aliphatic carbocycles. The van der Waals surface area contributed by atoms with Crippen molar-refractivity contribution < 1.29 is 0 Å². The summed E-state index contributed by atoms with van der Waals surface area (Å²) in [6, 6.07) is 12.3. The third kappa shape index (κ3) is 5.09. The van der Waals surface area contributed by atoms with Crippen molar-refractivity contribution in [1.82, 2.24) is 5.32 Å². The molecule has 17 heavy (non-hydrogen) atoms. The topological polar surface area (TPSA) is 12.0 Å². The summed E-state index contributed by atoms with van der Waals surface area (Å²) < 4.78 is 0. The first-order valence-corrected chi connectivity index (χ1v) is 6.58. The Morgan fingerprint density at radius 2 is 1.88 bits per heavy atom. The molecule has 0 aliphatic heterocycles. The molecule has 1 aromatic carbocycles. The molecule has 1 heterocycles. The van der Waals surface area contributed by atoms with Gasteiger partial charge in [0.2, 0.25) is 0 Å². The highest BCUT2D eigenvalue weighted by atomic mass is 35.5. The summed E-state index contributed by atoms with van der Waals surface area (Å²) in [6.07, 6.45) is 1.04. The first-order chi connectivity index (χ1) is 7.84. The molecule has 1 aromatic heterocycles. The van der Waals surface area contributed by atoms with Crippen LogP contribution in [0.25, 0.3) is 0 Å². The van der Waals surface area contributed by atoms with Gasteiger partial charge in [-0.1, -0.05) is 29.8 Å². The van der Waals surface area contributed by atoms with Crippen LogP contribution in [0.2, 0.25) is 5.02 Å². The summed E-state index contributed by atoms with van der Waals surface area (Å²) in [4.78, 5) is 1.39. The van der Waals surface area contributed by atoms with E-state index in [4.69, 9.17) is 11.6 Å². The summed E-state index contributed by atoms with van der Waals surface area (Å²) in [5.74, 6) is 0. The summed E-state index contributed by atoms with van der Waals surface area (Å²) >= 11 is 7.62. The van der Waals surface area contributed by atoms with Crippen LogP contribution in [0.5, 0.6) is 0 Å². The molecule has 1 N–H and O–H groups in total. The highest BCUT2D eigenvalue weighted by Gasteiger charge is 1.95. The summed E-state index contributed by atoms with van der Waals surface area (Å²) in [5, 5.41) is 6.34. The molecule has 1 nitrogen and oxygen atoms in total.